The lowest BCUT2D eigenvalue weighted by molar-refractivity contribution is -0.117. The van der Waals surface area contributed by atoms with Crippen LogP contribution in [-0.4, -0.2) is 18.7 Å². The third kappa shape index (κ3) is 4.26. The molecule has 1 aromatic rings. The van der Waals surface area contributed by atoms with Crippen molar-refractivity contribution < 1.29 is 14.3 Å². The van der Waals surface area contributed by atoms with Gasteiger partial charge in [-0.2, -0.15) is 0 Å². The molecule has 0 saturated carbocycles. The summed E-state index contributed by atoms with van der Waals surface area (Å²) in [5.74, 6) is 0.814. The molecule has 0 aromatic heterocycles. The SMILES string of the molecule is CC(=O)CCCCOc1ccccc1C=O. The van der Waals surface area contributed by atoms with E-state index in [0.717, 1.165) is 19.1 Å². The van der Waals surface area contributed by atoms with Gasteiger partial charge < -0.3 is 9.53 Å². The van der Waals surface area contributed by atoms with E-state index in [2.05, 4.69) is 0 Å². The maximum Gasteiger partial charge on any atom is 0.153 e. The number of aldehydes is 1. The van der Waals surface area contributed by atoms with E-state index in [9.17, 15) is 9.59 Å². The van der Waals surface area contributed by atoms with Gasteiger partial charge in [-0.15, -0.1) is 0 Å². The molecule has 0 N–H and O–H groups in total. The summed E-state index contributed by atoms with van der Waals surface area (Å²) in [4.78, 5) is 21.4. The summed E-state index contributed by atoms with van der Waals surface area (Å²) in [6, 6.07) is 7.12. The molecule has 0 atom stereocenters. The van der Waals surface area contributed by atoms with Crippen LogP contribution in [0.2, 0.25) is 0 Å². The molecule has 0 aliphatic carbocycles. The largest absolute Gasteiger partial charge is 0.493 e. The summed E-state index contributed by atoms with van der Waals surface area (Å²) in [7, 11) is 0. The molecule has 0 aliphatic heterocycles. The lowest BCUT2D eigenvalue weighted by Gasteiger charge is -2.07. The summed E-state index contributed by atoms with van der Waals surface area (Å²) >= 11 is 0. The van der Waals surface area contributed by atoms with E-state index in [4.69, 9.17) is 4.74 Å². The molecule has 0 bridgehead atoms. The number of carbonyl (C=O) groups excluding carboxylic acids is 2. The number of ketones is 1. The van der Waals surface area contributed by atoms with Gasteiger partial charge in [-0.25, -0.2) is 0 Å². The number of hydrogen-bond donors (Lipinski definition) is 0. The molecule has 3 nitrogen and oxygen atoms in total. The smallest absolute Gasteiger partial charge is 0.153 e. The van der Waals surface area contributed by atoms with Crippen LogP contribution >= 0.6 is 0 Å². The van der Waals surface area contributed by atoms with Crippen molar-refractivity contribution in [1.29, 1.82) is 0 Å². The Morgan fingerprint density at radius 1 is 1.31 bits per heavy atom. The van der Waals surface area contributed by atoms with Gasteiger partial charge in [0.25, 0.3) is 0 Å². The predicted molar refractivity (Wildman–Crippen MR) is 61.9 cm³/mol. The number of unbranched alkanes of at least 4 members (excludes halogenated alkanes) is 1. The monoisotopic (exact) mass is 220 g/mol. The molecule has 0 aliphatic rings. The van der Waals surface area contributed by atoms with Gasteiger partial charge in [-0.05, 0) is 31.9 Å². The number of para-hydroxylation sites is 1. The molecule has 0 spiro atoms. The van der Waals surface area contributed by atoms with Crippen LogP contribution in [0.1, 0.15) is 36.5 Å². The van der Waals surface area contributed by atoms with Crippen LogP contribution in [0.15, 0.2) is 24.3 Å². The third-order valence-corrected chi connectivity index (χ3v) is 2.23. The standard InChI is InChI=1S/C13H16O3/c1-11(15)6-4-5-9-16-13-8-3-2-7-12(13)10-14/h2-3,7-8,10H,4-6,9H2,1H3. The molecule has 0 radical (unpaired) electrons. The minimum atomic E-state index is 0.202. The van der Waals surface area contributed by atoms with E-state index in [-0.39, 0.29) is 5.78 Å². The topological polar surface area (TPSA) is 43.4 Å². The molecule has 0 heterocycles. The van der Waals surface area contributed by atoms with Crippen LogP contribution < -0.4 is 4.74 Å². The van der Waals surface area contributed by atoms with Gasteiger partial charge in [0.15, 0.2) is 6.29 Å². The second-order valence-electron chi connectivity index (χ2n) is 3.66. The van der Waals surface area contributed by atoms with Crippen LogP contribution in [0.4, 0.5) is 0 Å². The molecule has 16 heavy (non-hydrogen) atoms. The first-order valence-corrected chi connectivity index (χ1v) is 5.40. The number of carbonyl (C=O) groups is 2. The average molecular weight is 220 g/mol. The maximum absolute atomic E-state index is 10.7. The van der Waals surface area contributed by atoms with Crippen LogP contribution in [0, 0.1) is 0 Å². The zero-order valence-corrected chi connectivity index (χ0v) is 9.44. The first-order valence-electron chi connectivity index (χ1n) is 5.40. The molecule has 0 amide bonds. The van der Waals surface area contributed by atoms with Crippen LogP contribution in [0.25, 0.3) is 0 Å². The molecule has 0 unspecified atom stereocenters. The van der Waals surface area contributed by atoms with Gasteiger partial charge in [0.05, 0.1) is 12.2 Å². The normalized spacial score (nSPS) is 9.81. The lowest BCUT2D eigenvalue weighted by Crippen LogP contribution is -2.01. The summed E-state index contributed by atoms with van der Waals surface area (Å²) in [6.45, 7) is 2.13. The van der Waals surface area contributed by atoms with E-state index in [0.29, 0.717) is 24.3 Å². The Morgan fingerprint density at radius 2 is 2.06 bits per heavy atom. The number of ether oxygens (including phenoxy) is 1. The average Bonchev–Trinajstić information content (AvgIpc) is 2.29. The van der Waals surface area contributed by atoms with E-state index in [1.165, 1.54) is 0 Å². The Bertz CT molecular complexity index is 358. The Balaban J connectivity index is 2.31. The predicted octanol–water partition coefficient (Wildman–Crippen LogP) is 2.64. The Kier molecular flexibility index (Phi) is 5.26. The molecule has 3 heteroatoms. The van der Waals surface area contributed by atoms with Gasteiger partial charge in [-0.1, -0.05) is 12.1 Å². The van der Waals surface area contributed by atoms with E-state index in [1.54, 1.807) is 25.1 Å². The van der Waals surface area contributed by atoms with Gasteiger partial charge in [0.1, 0.15) is 11.5 Å². The summed E-state index contributed by atoms with van der Waals surface area (Å²) in [6.07, 6.45) is 3.04. The highest BCUT2D eigenvalue weighted by atomic mass is 16.5. The van der Waals surface area contributed by atoms with Crippen molar-refractivity contribution in [2.75, 3.05) is 6.61 Å². The van der Waals surface area contributed by atoms with E-state index in [1.807, 2.05) is 6.07 Å². The molecule has 0 fully saturated rings. The van der Waals surface area contributed by atoms with Gasteiger partial charge >= 0.3 is 0 Å². The van der Waals surface area contributed by atoms with Crippen molar-refractivity contribution in [1.82, 2.24) is 0 Å². The number of rotatable bonds is 7. The molecule has 1 rings (SSSR count). The van der Waals surface area contributed by atoms with Gasteiger partial charge in [0, 0.05) is 6.42 Å². The lowest BCUT2D eigenvalue weighted by atomic mass is 10.2. The number of Topliss-reactive ketones (excluding diaryl/α,β-unsaturated/α-hetero) is 1. The number of hydrogen-bond acceptors (Lipinski definition) is 3. The summed E-state index contributed by atoms with van der Waals surface area (Å²) in [5, 5.41) is 0. The van der Waals surface area contributed by atoms with Crippen molar-refractivity contribution in [3.05, 3.63) is 29.8 Å². The summed E-state index contributed by atoms with van der Waals surface area (Å²) < 4.78 is 5.47. The molecule has 0 saturated heterocycles. The Morgan fingerprint density at radius 3 is 2.75 bits per heavy atom. The minimum absolute atomic E-state index is 0.202. The second kappa shape index (κ2) is 6.77. The maximum atomic E-state index is 10.7. The van der Waals surface area contributed by atoms with Crippen LogP contribution in [-0.2, 0) is 4.79 Å². The van der Waals surface area contributed by atoms with Crippen LogP contribution in [0.5, 0.6) is 5.75 Å². The molecular weight excluding hydrogens is 204 g/mol. The van der Waals surface area contributed by atoms with Crippen molar-refractivity contribution in [2.45, 2.75) is 26.2 Å². The van der Waals surface area contributed by atoms with Crippen molar-refractivity contribution >= 4 is 12.1 Å². The highest BCUT2D eigenvalue weighted by Gasteiger charge is 2.01. The van der Waals surface area contributed by atoms with E-state index >= 15 is 0 Å². The van der Waals surface area contributed by atoms with Crippen molar-refractivity contribution in [3.8, 4) is 5.75 Å². The van der Waals surface area contributed by atoms with E-state index < -0.39 is 0 Å². The third-order valence-electron chi connectivity index (χ3n) is 2.23. The highest BCUT2D eigenvalue weighted by molar-refractivity contribution is 5.79. The van der Waals surface area contributed by atoms with Crippen LogP contribution in [0.3, 0.4) is 0 Å². The Labute approximate surface area is 95.4 Å². The first-order chi connectivity index (χ1) is 7.74. The molecular formula is C13H16O3. The van der Waals surface area contributed by atoms with Gasteiger partial charge in [-0.3, -0.25) is 4.79 Å². The fourth-order valence-electron chi connectivity index (χ4n) is 1.37. The van der Waals surface area contributed by atoms with Gasteiger partial charge in [0.2, 0.25) is 0 Å². The summed E-state index contributed by atoms with van der Waals surface area (Å²) in [5.41, 5.74) is 0.564. The van der Waals surface area contributed by atoms with Crippen molar-refractivity contribution in [2.24, 2.45) is 0 Å². The zero-order valence-electron chi connectivity index (χ0n) is 9.44. The molecule has 1 aromatic carbocycles. The quantitative estimate of drug-likeness (QED) is 0.524. The zero-order chi connectivity index (χ0) is 11.8. The fraction of sp³-hybridized carbons (Fsp3) is 0.385. The highest BCUT2D eigenvalue weighted by Crippen LogP contribution is 2.15. The Hall–Kier alpha value is -1.64. The fourth-order valence-corrected chi connectivity index (χ4v) is 1.37. The minimum Gasteiger partial charge on any atom is -0.493 e. The first kappa shape index (κ1) is 12.4. The van der Waals surface area contributed by atoms with Crippen molar-refractivity contribution in [3.63, 3.8) is 0 Å². The number of benzene rings is 1. The molecule has 86 valence electrons. The second-order valence-corrected chi connectivity index (χ2v) is 3.66.